The van der Waals surface area contributed by atoms with Crippen molar-refractivity contribution in [2.24, 2.45) is 4.99 Å². The molecule has 0 bridgehead atoms. The van der Waals surface area contributed by atoms with Crippen molar-refractivity contribution in [3.8, 4) is 11.5 Å². The molecule has 234 valence electrons. The van der Waals surface area contributed by atoms with Gasteiger partial charge >= 0.3 is 5.97 Å². The molecule has 9 heteroatoms. The third-order valence-corrected chi connectivity index (χ3v) is 9.84. The molecule has 6 rings (SSSR count). The lowest BCUT2D eigenvalue weighted by Crippen LogP contribution is -2.40. The van der Waals surface area contributed by atoms with Crippen LogP contribution in [-0.2, 0) is 9.53 Å². The molecule has 1 saturated carbocycles. The number of nitrogens with zero attached hydrogens (tertiary/aromatic N) is 3. The molecule has 1 aliphatic heterocycles. The van der Waals surface area contributed by atoms with Crippen LogP contribution in [0.4, 0.5) is 0 Å². The highest BCUT2D eigenvalue weighted by molar-refractivity contribution is 7.07. The fraction of sp³-hybridized carbons (Fsp3) is 0.361. The van der Waals surface area contributed by atoms with Crippen molar-refractivity contribution in [2.75, 3.05) is 20.8 Å². The van der Waals surface area contributed by atoms with Gasteiger partial charge in [-0.05, 0) is 69.5 Å². The fourth-order valence-corrected chi connectivity index (χ4v) is 7.77. The predicted octanol–water partition coefficient (Wildman–Crippen LogP) is 5.88. The van der Waals surface area contributed by atoms with Crippen molar-refractivity contribution in [3.63, 3.8) is 0 Å². The number of thiazole rings is 1. The number of fused-ring (bicyclic) bond motifs is 1. The Hall–Kier alpha value is -4.37. The van der Waals surface area contributed by atoms with Gasteiger partial charge < -0.3 is 18.8 Å². The molecule has 0 saturated heterocycles. The smallest absolute Gasteiger partial charge is 0.338 e. The Labute approximate surface area is 266 Å². The zero-order chi connectivity index (χ0) is 31.7. The molecule has 1 aliphatic carbocycles. The maximum atomic E-state index is 14.5. The number of ether oxygens (including phenoxy) is 3. The summed E-state index contributed by atoms with van der Waals surface area (Å²) in [5.41, 5.74) is 5.24. The molecule has 1 fully saturated rings. The van der Waals surface area contributed by atoms with Crippen LogP contribution in [0.2, 0.25) is 0 Å². The zero-order valence-electron chi connectivity index (χ0n) is 26.5. The van der Waals surface area contributed by atoms with Gasteiger partial charge in [0, 0.05) is 28.6 Å². The van der Waals surface area contributed by atoms with E-state index < -0.39 is 12.0 Å². The summed E-state index contributed by atoms with van der Waals surface area (Å²) in [6.45, 7) is 6.22. The largest absolute Gasteiger partial charge is 0.497 e. The average molecular weight is 626 g/mol. The van der Waals surface area contributed by atoms with Crippen LogP contribution in [0, 0.1) is 13.8 Å². The van der Waals surface area contributed by atoms with E-state index in [1.165, 1.54) is 49.1 Å². The second-order valence-corrected chi connectivity index (χ2v) is 12.5. The van der Waals surface area contributed by atoms with E-state index >= 15 is 0 Å². The van der Waals surface area contributed by atoms with Gasteiger partial charge in [0.05, 0.1) is 36.6 Å². The van der Waals surface area contributed by atoms with Gasteiger partial charge in [-0.3, -0.25) is 9.36 Å². The summed E-state index contributed by atoms with van der Waals surface area (Å²) in [4.78, 5) is 33.8. The lowest BCUT2D eigenvalue weighted by Gasteiger charge is -2.27. The van der Waals surface area contributed by atoms with Gasteiger partial charge in [-0.25, -0.2) is 9.79 Å². The molecule has 2 aromatic carbocycles. The van der Waals surface area contributed by atoms with Crippen LogP contribution in [0.15, 0.2) is 70.0 Å². The summed E-state index contributed by atoms with van der Waals surface area (Å²) in [6.07, 6.45) is 8.12. The summed E-state index contributed by atoms with van der Waals surface area (Å²) in [7, 11) is 3.15. The fourth-order valence-electron chi connectivity index (χ4n) is 6.78. The van der Waals surface area contributed by atoms with E-state index in [9.17, 15) is 9.59 Å². The number of benzene rings is 2. The second-order valence-electron chi connectivity index (χ2n) is 11.5. The van der Waals surface area contributed by atoms with Crippen LogP contribution in [0.1, 0.15) is 79.2 Å². The van der Waals surface area contributed by atoms with E-state index in [1.54, 1.807) is 37.8 Å². The molecule has 1 atom stereocenters. The normalized spacial score (nSPS) is 17.2. The Balaban J connectivity index is 1.62. The van der Waals surface area contributed by atoms with Crippen molar-refractivity contribution in [2.45, 2.75) is 65.0 Å². The Morgan fingerprint density at radius 2 is 1.76 bits per heavy atom. The van der Waals surface area contributed by atoms with Gasteiger partial charge in [0.15, 0.2) is 4.80 Å². The SMILES string of the molecule is CCOC(=O)C1=C(c2ccccc2)N=c2sc(=Cc3cc(C)n(C4CCCCC4)c3C)c(=O)n2C1c1cc(OC)ccc1OC. The number of methoxy groups -OCH3 is 2. The maximum absolute atomic E-state index is 14.5. The molecule has 2 aromatic heterocycles. The molecule has 0 amide bonds. The monoisotopic (exact) mass is 625 g/mol. The van der Waals surface area contributed by atoms with Crippen LogP contribution in [0.3, 0.4) is 0 Å². The zero-order valence-corrected chi connectivity index (χ0v) is 27.3. The lowest BCUT2D eigenvalue weighted by atomic mass is 9.92. The Bertz CT molecular complexity index is 1940. The van der Waals surface area contributed by atoms with Crippen molar-refractivity contribution in [3.05, 3.63) is 108 Å². The summed E-state index contributed by atoms with van der Waals surface area (Å²) >= 11 is 1.32. The third-order valence-electron chi connectivity index (χ3n) is 8.86. The van der Waals surface area contributed by atoms with Gasteiger partial charge in [0.1, 0.15) is 17.5 Å². The first kappa shape index (κ1) is 30.6. The first-order chi connectivity index (χ1) is 21.9. The topological polar surface area (TPSA) is 84.1 Å². The number of rotatable bonds is 8. The summed E-state index contributed by atoms with van der Waals surface area (Å²) in [5, 5.41) is 0. The van der Waals surface area contributed by atoms with Gasteiger partial charge in [0.2, 0.25) is 0 Å². The van der Waals surface area contributed by atoms with Crippen molar-refractivity contribution in [1.82, 2.24) is 9.13 Å². The first-order valence-electron chi connectivity index (χ1n) is 15.5. The highest BCUT2D eigenvalue weighted by atomic mass is 32.1. The standard InChI is InChI=1S/C36H39N3O5S/c1-6-44-35(41)31-32(24-13-9-7-10-14-24)37-36-39(33(31)28-21-27(42-4)17-18-29(28)43-5)34(40)30(45-36)20-25-19-22(2)38(23(25)3)26-15-11-8-12-16-26/h7,9-10,13-14,17-21,26,33H,6,8,11-12,15-16H2,1-5H3. The minimum absolute atomic E-state index is 0.174. The number of aryl methyl sites for hydroxylation is 1. The molecular weight excluding hydrogens is 586 g/mol. The van der Waals surface area contributed by atoms with E-state index in [-0.39, 0.29) is 17.7 Å². The van der Waals surface area contributed by atoms with E-state index in [4.69, 9.17) is 19.2 Å². The molecule has 2 aliphatic rings. The number of aromatic nitrogens is 2. The van der Waals surface area contributed by atoms with Crippen molar-refractivity contribution < 1.29 is 19.0 Å². The van der Waals surface area contributed by atoms with Crippen LogP contribution in [-0.4, -0.2) is 35.9 Å². The second kappa shape index (κ2) is 12.9. The quantitative estimate of drug-likeness (QED) is 0.229. The molecule has 8 nitrogen and oxygen atoms in total. The minimum Gasteiger partial charge on any atom is -0.497 e. The van der Waals surface area contributed by atoms with E-state index in [0.717, 1.165) is 16.8 Å². The molecular formula is C36H39N3O5S. The van der Waals surface area contributed by atoms with Crippen LogP contribution < -0.4 is 24.4 Å². The molecule has 0 N–H and O–H groups in total. The van der Waals surface area contributed by atoms with Crippen LogP contribution in [0.5, 0.6) is 11.5 Å². The maximum Gasteiger partial charge on any atom is 0.338 e. The highest BCUT2D eigenvalue weighted by Gasteiger charge is 2.37. The number of carbonyl (C=O) groups excluding carboxylic acids is 1. The first-order valence-corrected chi connectivity index (χ1v) is 16.4. The van der Waals surface area contributed by atoms with Crippen LogP contribution in [0.25, 0.3) is 11.8 Å². The Kier molecular flexibility index (Phi) is 8.81. The average Bonchev–Trinajstić information content (AvgIpc) is 3.53. The number of hydrogen-bond acceptors (Lipinski definition) is 7. The Morgan fingerprint density at radius 3 is 2.44 bits per heavy atom. The molecule has 4 aromatic rings. The van der Waals surface area contributed by atoms with Gasteiger partial charge in [0.25, 0.3) is 5.56 Å². The molecule has 45 heavy (non-hydrogen) atoms. The molecule has 0 spiro atoms. The Morgan fingerprint density at radius 1 is 1.00 bits per heavy atom. The van der Waals surface area contributed by atoms with Gasteiger partial charge in [-0.2, -0.15) is 0 Å². The summed E-state index contributed by atoms with van der Waals surface area (Å²) in [5.74, 6) is 0.548. The van der Waals surface area contributed by atoms with E-state index in [2.05, 4.69) is 24.5 Å². The molecule has 1 unspecified atom stereocenters. The number of esters is 1. The van der Waals surface area contributed by atoms with E-state index in [1.807, 2.05) is 42.5 Å². The minimum atomic E-state index is -0.864. The molecule has 0 radical (unpaired) electrons. The van der Waals surface area contributed by atoms with Crippen molar-refractivity contribution in [1.29, 1.82) is 0 Å². The number of hydrogen-bond donors (Lipinski definition) is 0. The van der Waals surface area contributed by atoms with Gasteiger partial charge in [-0.1, -0.05) is 60.9 Å². The molecule has 3 heterocycles. The summed E-state index contributed by atoms with van der Waals surface area (Å²) < 4.78 is 21.6. The predicted molar refractivity (Wildman–Crippen MR) is 177 cm³/mol. The summed E-state index contributed by atoms with van der Waals surface area (Å²) in [6, 6.07) is 16.7. The van der Waals surface area contributed by atoms with Gasteiger partial charge in [-0.15, -0.1) is 0 Å². The lowest BCUT2D eigenvalue weighted by molar-refractivity contribution is -0.138. The van der Waals surface area contributed by atoms with Crippen LogP contribution >= 0.6 is 11.3 Å². The third kappa shape index (κ3) is 5.65. The highest BCUT2D eigenvalue weighted by Crippen LogP contribution is 2.40. The number of carbonyl (C=O) groups is 1. The van der Waals surface area contributed by atoms with Crippen molar-refractivity contribution >= 4 is 29.1 Å². The van der Waals surface area contributed by atoms with E-state index in [0.29, 0.717) is 38.1 Å².